The number of ether oxygens (including phenoxy) is 1. The number of carbonyl (C=O) groups is 2. The number of aromatic nitrogens is 1. The zero-order chi connectivity index (χ0) is 19.2. The molecule has 1 heterocycles. The normalized spacial score (nSPS) is 10.3. The third kappa shape index (κ3) is 4.77. The smallest absolute Gasteiger partial charge is 0.262 e. The van der Waals surface area contributed by atoms with Gasteiger partial charge >= 0.3 is 0 Å². The molecule has 0 unspecified atom stereocenters. The summed E-state index contributed by atoms with van der Waals surface area (Å²) >= 11 is 3.09. The Morgan fingerprint density at radius 3 is 2.56 bits per heavy atom. The molecule has 0 aliphatic carbocycles. The molecule has 27 heavy (non-hydrogen) atoms. The van der Waals surface area contributed by atoms with Gasteiger partial charge in [-0.3, -0.25) is 14.6 Å². The number of amides is 1. The topological polar surface area (TPSA) is 68.3 Å². The van der Waals surface area contributed by atoms with E-state index in [1.807, 2.05) is 0 Å². The summed E-state index contributed by atoms with van der Waals surface area (Å²) in [7, 11) is 0. The number of benzene rings is 2. The van der Waals surface area contributed by atoms with Gasteiger partial charge in [0.05, 0.1) is 16.4 Å². The van der Waals surface area contributed by atoms with Crippen molar-refractivity contribution < 1.29 is 18.7 Å². The van der Waals surface area contributed by atoms with Crippen molar-refractivity contribution in [3.63, 3.8) is 0 Å². The fourth-order valence-electron chi connectivity index (χ4n) is 2.32. The quantitative estimate of drug-likeness (QED) is 0.596. The zero-order valence-electron chi connectivity index (χ0n) is 14.0. The standard InChI is InChI=1S/C20H14BrFN2O3/c21-19-16(4-1-5-17(19)22)20(26)13-6-8-15(9-7-13)27-12-18(25)24-14-3-2-10-23-11-14/h1-11H,12H2,(H,24,25). The molecule has 1 N–H and O–H groups in total. The van der Waals surface area contributed by atoms with Gasteiger partial charge in [-0.05, 0) is 64.5 Å². The molecule has 0 radical (unpaired) electrons. The van der Waals surface area contributed by atoms with Gasteiger partial charge in [-0.1, -0.05) is 6.07 Å². The summed E-state index contributed by atoms with van der Waals surface area (Å²) in [5.74, 6) is -0.708. The number of ketones is 1. The van der Waals surface area contributed by atoms with Gasteiger partial charge in [-0.15, -0.1) is 0 Å². The van der Waals surface area contributed by atoms with Crippen molar-refractivity contribution in [2.45, 2.75) is 0 Å². The van der Waals surface area contributed by atoms with Crippen molar-refractivity contribution in [2.75, 3.05) is 11.9 Å². The Morgan fingerprint density at radius 1 is 1.07 bits per heavy atom. The van der Waals surface area contributed by atoms with E-state index in [0.29, 0.717) is 17.0 Å². The second-order valence-electron chi connectivity index (χ2n) is 5.53. The fourth-order valence-corrected chi connectivity index (χ4v) is 2.76. The van der Waals surface area contributed by atoms with Crippen molar-refractivity contribution in [3.05, 3.63) is 88.4 Å². The number of anilines is 1. The van der Waals surface area contributed by atoms with Crippen LogP contribution in [0.3, 0.4) is 0 Å². The number of nitrogens with zero attached hydrogens (tertiary/aromatic N) is 1. The minimum atomic E-state index is -0.500. The van der Waals surface area contributed by atoms with E-state index in [2.05, 4.69) is 26.2 Å². The predicted octanol–water partition coefficient (Wildman–Crippen LogP) is 4.23. The third-order valence-corrected chi connectivity index (χ3v) is 4.43. The number of hydrogen-bond acceptors (Lipinski definition) is 4. The second kappa shape index (κ2) is 8.55. The van der Waals surface area contributed by atoms with Crippen molar-refractivity contribution >= 4 is 33.3 Å². The number of hydrogen-bond donors (Lipinski definition) is 1. The highest BCUT2D eigenvalue weighted by molar-refractivity contribution is 9.10. The van der Waals surface area contributed by atoms with Crippen LogP contribution in [0.2, 0.25) is 0 Å². The molecule has 7 heteroatoms. The van der Waals surface area contributed by atoms with Crippen molar-refractivity contribution in [3.8, 4) is 5.75 Å². The lowest BCUT2D eigenvalue weighted by molar-refractivity contribution is -0.118. The Morgan fingerprint density at radius 2 is 1.85 bits per heavy atom. The molecule has 136 valence electrons. The lowest BCUT2D eigenvalue weighted by Gasteiger charge is -2.08. The molecule has 0 saturated heterocycles. The summed E-state index contributed by atoms with van der Waals surface area (Å²) in [6, 6.07) is 14.0. The van der Waals surface area contributed by atoms with Gasteiger partial charge in [-0.25, -0.2) is 4.39 Å². The molecule has 0 aliphatic heterocycles. The first-order valence-corrected chi connectivity index (χ1v) is 8.75. The van der Waals surface area contributed by atoms with Crippen molar-refractivity contribution in [1.82, 2.24) is 4.98 Å². The van der Waals surface area contributed by atoms with Crippen LogP contribution in [0, 0.1) is 5.82 Å². The van der Waals surface area contributed by atoms with Gasteiger partial charge in [0.25, 0.3) is 5.91 Å². The summed E-state index contributed by atoms with van der Waals surface area (Å²) < 4.78 is 19.1. The van der Waals surface area contributed by atoms with Crippen LogP contribution in [0.15, 0.2) is 71.5 Å². The Kier molecular flexibility index (Phi) is 5.93. The Balaban J connectivity index is 1.61. The van der Waals surface area contributed by atoms with Gasteiger partial charge < -0.3 is 10.1 Å². The molecule has 0 saturated carbocycles. The highest BCUT2D eigenvalue weighted by Crippen LogP contribution is 2.24. The molecule has 2 aromatic carbocycles. The summed E-state index contributed by atoms with van der Waals surface area (Å²) in [4.78, 5) is 28.3. The van der Waals surface area contributed by atoms with E-state index in [9.17, 15) is 14.0 Å². The van der Waals surface area contributed by atoms with E-state index in [-0.39, 0.29) is 28.3 Å². The van der Waals surface area contributed by atoms with Crippen LogP contribution in [0.1, 0.15) is 15.9 Å². The number of carbonyl (C=O) groups excluding carboxylic acids is 2. The highest BCUT2D eigenvalue weighted by atomic mass is 79.9. The summed E-state index contributed by atoms with van der Waals surface area (Å²) in [6.07, 6.45) is 3.14. The summed E-state index contributed by atoms with van der Waals surface area (Å²) in [6.45, 7) is -0.183. The maximum absolute atomic E-state index is 13.6. The lowest BCUT2D eigenvalue weighted by atomic mass is 10.0. The van der Waals surface area contributed by atoms with Crippen LogP contribution < -0.4 is 10.1 Å². The average molecular weight is 429 g/mol. The maximum Gasteiger partial charge on any atom is 0.262 e. The molecule has 0 fully saturated rings. The van der Waals surface area contributed by atoms with E-state index in [1.165, 1.54) is 18.3 Å². The molecule has 0 bridgehead atoms. The van der Waals surface area contributed by atoms with Gasteiger partial charge in [0.1, 0.15) is 11.6 Å². The van der Waals surface area contributed by atoms with E-state index < -0.39 is 5.82 Å². The van der Waals surface area contributed by atoms with Crippen LogP contribution in [0.4, 0.5) is 10.1 Å². The first kappa shape index (κ1) is 18.7. The average Bonchev–Trinajstić information content (AvgIpc) is 2.69. The summed E-state index contributed by atoms with van der Waals surface area (Å²) in [5, 5.41) is 2.65. The molecule has 0 aliphatic rings. The minimum Gasteiger partial charge on any atom is -0.484 e. The van der Waals surface area contributed by atoms with Gasteiger partial charge in [0.2, 0.25) is 0 Å². The molecule has 3 rings (SSSR count). The molecular weight excluding hydrogens is 415 g/mol. The van der Waals surface area contributed by atoms with Gasteiger partial charge in [0, 0.05) is 17.3 Å². The highest BCUT2D eigenvalue weighted by Gasteiger charge is 2.15. The van der Waals surface area contributed by atoms with E-state index in [1.54, 1.807) is 48.7 Å². The van der Waals surface area contributed by atoms with Crippen LogP contribution in [0.5, 0.6) is 5.75 Å². The molecule has 0 atom stereocenters. The van der Waals surface area contributed by atoms with Gasteiger partial charge in [-0.2, -0.15) is 0 Å². The number of nitrogens with one attached hydrogen (secondary N) is 1. The Labute approximate surface area is 163 Å². The monoisotopic (exact) mass is 428 g/mol. The Bertz CT molecular complexity index is 963. The number of pyridine rings is 1. The first-order valence-electron chi connectivity index (χ1n) is 7.96. The van der Waals surface area contributed by atoms with Crippen LogP contribution in [-0.2, 0) is 4.79 Å². The molecule has 1 amide bonds. The molecule has 5 nitrogen and oxygen atoms in total. The second-order valence-corrected chi connectivity index (χ2v) is 6.33. The van der Waals surface area contributed by atoms with E-state index in [4.69, 9.17) is 4.74 Å². The predicted molar refractivity (Wildman–Crippen MR) is 102 cm³/mol. The van der Waals surface area contributed by atoms with E-state index >= 15 is 0 Å². The first-order chi connectivity index (χ1) is 13.0. The molecule has 1 aromatic heterocycles. The molecule has 3 aromatic rings. The van der Waals surface area contributed by atoms with Crippen LogP contribution in [0.25, 0.3) is 0 Å². The van der Waals surface area contributed by atoms with Crippen molar-refractivity contribution in [1.29, 1.82) is 0 Å². The number of rotatable bonds is 6. The lowest BCUT2D eigenvalue weighted by Crippen LogP contribution is -2.20. The number of halogens is 2. The third-order valence-electron chi connectivity index (χ3n) is 3.63. The summed E-state index contributed by atoms with van der Waals surface area (Å²) in [5.41, 5.74) is 1.20. The maximum atomic E-state index is 13.6. The molecular formula is C20H14BrFN2O3. The zero-order valence-corrected chi connectivity index (χ0v) is 15.6. The molecule has 0 spiro atoms. The van der Waals surface area contributed by atoms with E-state index in [0.717, 1.165) is 0 Å². The van der Waals surface area contributed by atoms with Crippen molar-refractivity contribution in [2.24, 2.45) is 0 Å². The SMILES string of the molecule is O=C(COc1ccc(C(=O)c2cccc(F)c2Br)cc1)Nc1cccnc1. The Hall–Kier alpha value is -3.06. The minimum absolute atomic E-state index is 0.127. The fraction of sp³-hybridized carbons (Fsp3) is 0.0500. The van der Waals surface area contributed by atoms with Crippen LogP contribution in [-0.4, -0.2) is 23.3 Å². The largest absolute Gasteiger partial charge is 0.484 e. The van der Waals surface area contributed by atoms with Crippen LogP contribution >= 0.6 is 15.9 Å². The van der Waals surface area contributed by atoms with Gasteiger partial charge in [0.15, 0.2) is 12.4 Å².